The fourth-order valence-corrected chi connectivity index (χ4v) is 2.15. The van der Waals surface area contributed by atoms with Crippen molar-refractivity contribution in [3.63, 3.8) is 0 Å². The smallest absolute Gasteiger partial charge is 0.302 e. The van der Waals surface area contributed by atoms with Crippen LogP contribution in [0.5, 0.6) is 0 Å². The Kier molecular flexibility index (Phi) is 3.03. The number of carbonyl (C=O) groups is 1. The van der Waals surface area contributed by atoms with Crippen LogP contribution in [0.1, 0.15) is 19.8 Å². The Bertz CT molecular complexity index is 216. The summed E-state index contributed by atoms with van der Waals surface area (Å²) in [7, 11) is 0. The summed E-state index contributed by atoms with van der Waals surface area (Å²) in [6.07, 6.45) is 2.15. The molecule has 0 amide bonds. The zero-order chi connectivity index (χ0) is 9.97. The molecule has 0 aromatic heterocycles. The number of carbonyl (C=O) groups excluding carboxylic acids is 1. The quantitative estimate of drug-likeness (QED) is 0.622. The molecule has 4 heteroatoms. The van der Waals surface area contributed by atoms with E-state index in [1.807, 2.05) is 0 Å². The molecule has 14 heavy (non-hydrogen) atoms. The summed E-state index contributed by atoms with van der Waals surface area (Å²) < 4.78 is 16.0. The first kappa shape index (κ1) is 9.93. The molecule has 2 saturated heterocycles. The minimum absolute atomic E-state index is 0.0516. The van der Waals surface area contributed by atoms with Crippen LogP contribution < -0.4 is 0 Å². The number of ether oxygens (including phenoxy) is 3. The molecule has 0 unspecified atom stereocenters. The topological polar surface area (TPSA) is 44.8 Å². The van der Waals surface area contributed by atoms with Crippen molar-refractivity contribution in [3.8, 4) is 0 Å². The van der Waals surface area contributed by atoms with Gasteiger partial charge in [0.05, 0.1) is 13.2 Å². The molecule has 0 aliphatic carbocycles. The molecule has 0 saturated carbocycles. The van der Waals surface area contributed by atoms with Crippen molar-refractivity contribution in [1.29, 1.82) is 0 Å². The second-order valence-corrected chi connectivity index (χ2v) is 3.94. The van der Waals surface area contributed by atoms with E-state index in [1.54, 1.807) is 0 Å². The minimum atomic E-state index is -0.217. The number of esters is 1. The Morgan fingerprint density at radius 2 is 2.36 bits per heavy atom. The normalized spacial score (nSPS) is 36.5. The first-order chi connectivity index (χ1) is 6.77. The van der Waals surface area contributed by atoms with Gasteiger partial charge in [0.15, 0.2) is 6.29 Å². The van der Waals surface area contributed by atoms with Crippen LogP contribution in [0, 0.1) is 11.8 Å². The molecule has 80 valence electrons. The van der Waals surface area contributed by atoms with Gasteiger partial charge in [-0.2, -0.15) is 0 Å². The molecule has 0 spiro atoms. The lowest BCUT2D eigenvalue weighted by atomic mass is 9.90. The molecule has 0 bridgehead atoms. The van der Waals surface area contributed by atoms with E-state index in [0.717, 1.165) is 19.4 Å². The van der Waals surface area contributed by atoms with Crippen molar-refractivity contribution in [1.82, 2.24) is 0 Å². The summed E-state index contributed by atoms with van der Waals surface area (Å²) in [4.78, 5) is 10.7. The van der Waals surface area contributed by atoms with Gasteiger partial charge in [-0.1, -0.05) is 0 Å². The largest absolute Gasteiger partial charge is 0.465 e. The SMILES string of the molecule is CC(=O)OC[C@@H]1CO[C@H]2OCCC[C@@H]12. The van der Waals surface area contributed by atoms with Crippen LogP contribution in [0.25, 0.3) is 0 Å². The van der Waals surface area contributed by atoms with Crippen LogP contribution in [0.2, 0.25) is 0 Å². The lowest BCUT2D eigenvalue weighted by Crippen LogP contribution is -2.30. The molecule has 4 nitrogen and oxygen atoms in total. The number of hydrogen-bond acceptors (Lipinski definition) is 4. The van der Waals surface area contributed by atoms with Crippen LogP contribution >= 0.6 is 0 Å². The lowest BCUT2D eigenvalue weighted by molar-refractivity contribution is -0.153. The van der Waals surface area contributed by atoms with Gasteiger partial charge in [-0.15, -0.1) is 0 Å². The summed E-state index contributed by atoms with van der Waals surface area (Å²) in [6.45, 7) is 3.36. The zero-order valence-corrected chi connectivity index (χ0v) is 8.40. The average molecular weight is 200 g/mol. The van der Waals surface area contributed by atoms with E-state index in [1.165, 1.54) is 6.92 Å². The van der Waals surface area contributed by atoms with Gasteiger partial charge in [-0.25, -0.2) is 0 Å². The summed E-state index contributed by atoms with van der Waals surface area (Å²) in [6, 6.07) is 0. The predicted octanol–water partition coefficient (Wildman–Crippen LogP) is 0.949. The molecule has 2 aliphatic heterocycles. The molecule has 0 N–H and O–H groups in total. The van der Waals surface area contributed by atoms with Crippen LogP contribution in [-0.4, -0.2) is 32.1 Å². The van der Waals surface area contributed by atoms with Crippen molar-refractivity contribution in [2.45, 2.75) is 26.1 Å². The van der Waals surface area contributed by atoms with Gasteiger partial charge in [0, 0.05) is 25.4 Å². The maximum Gasteiger partial charge on any atom is 0.302 e. The molecule has 0 radical (unpaired) electrons. The molecule has 2 rings (SSSR count). The maximum atomic E-state index is 10.7. The van der Waals surface area contributed by atoms with Gasteiger partial charge in [0.1, 0.15) is 0 Å². The predicted molar refractivity (Wildman–Crippen MR) is 48.5 cm³/mol. The summed E-state index contributed by atoms with van der Waals surface area (Å²) in [5.74, 6) is 0.525. The highest BCUT2D eigenvalue weighted by molar-refractivity contribution is 5.65. The van der Waals surface area contributed by atoms with Crippen molar-refractivity contribution in [2.75, 3.05) is 19.8 Å². The fourth-order valence-electron chi connectivity index (χ4n) is 2.15. The second kappa shape index (κ2) is 4.28. The van der Waals surface area contributed by atoms with E-state index in [4.69, 9.17) is 14.2 Å². The van der Waals surface area contributed by atoms with Crippen molar-refractivity contribution < 1.29 is 19.0 Å². The van der Waals surface area contributed by atoms with Crippen molar-refractivity contribution in [2.24, 2.45) is 11.8 Å². The van der Waals surface area contributed by atoms with Gasteiger partial charge >= 0.3 is 5.97 Å². The highest BCUT2D eigenvalue weighted by Crippen LogP contribution is 2.34. The molecule has 2 heterocycles. The van der Waals surface area contributed by atoms with Gasteiger partial charge < -0.3 is 14.2 Å². The van der Waals surface area contributed by atoms with Gasteiger partial charge in [-0.3, -0.25) is 4.79 Å². The zero-order valence-electron chi connectivity index (χ0n) is 8.40. The maximum absolute atomic E-state index is 10.7. The van der Waals surface area contributed by atoms with Crippen LogP contribution in [0.3, 0.4) is 0 Å². The average Bonchev–Trinajstić information content (AvgIpc) is 2.58. The molecule has 2 aliphatic rings. The van der Waals surface area contributed by atoms with Gasteiger partial charge in [0.2, 0.25) is 0 Å². The van der Waals surface area contributed by atoms with Crippen molar-refractivity contribution in [3.05, 3.63) is 0 Å². The van der Waals surface area contributed by atoms with Crippen LogP contribution in [0.15, 0.2) is 0 Å². The summed E-state index contributed by atoms with van der Waals surface area (Å²) in [5.41, 5.74) is 0. The highest BCUT2D eigenvalue weighted by atomic mass is 16.7. The Morgan fingerprint density at radius 1 is 1.50 bits per heavy atom. The molecule has 0 aromatic carbocycles. The molecular weight excluding hydrogens is 184 g/mol. The summed E-state index contributed by atoms with van der Waals surface area (Å²) >= 11 is 0. The highest BCUT2D eigenvalue weighted by Gasteiger charge is 2.40. The first-order valence-corrected chi connectivity index (χ1v) is 5.14. The molecule has 3 atom stereocenters. The lowest BCUT2D eigenvalue weighted by Gasteiger charge is -2.27. The van der Waals surface area contributed by atoms with Gasteiger partial charge in [-0.05, 0) is 12.8 Å². The monoisotopic (exact) mass is 200 g/mol. The van der Waals surface area contributed by atoms with Gasteiger partial charge in [0.25, 0.3) is 0 Å². The van der Waals surface area contributed by atoms with E-state index in [2.05, 4.69) is 0 Å². The minimum Gasteiger partial charge on any atom is -0.465 e. The van der Waals surface area contributed by atoms with E-state index in [9.17, 15) is 4.79 Å². The van der Waals surface area contributed by atoms with E-state index in [-0.39, 0.29) is 12.3 Å². The molecule has 0 aromatic rings. The Hall–Kier alpha value is -0.610. The standard InChI is InChI=1S/C10H16O4/c1-7(11)13-5-8-6-14-10-9(8)3-2-4-12-10/h8-10H,2-6H2,1H3/t8-,9+,10-/m1/s1. The number of hydrogen-bond donors (Lipinski definition) is 0. The van der Waals surface area contributed by atoms with Crippen LogP contribution in [0.4, 0.5) is 0 Å². The molecule has 2 fully saturated rings. The Labute approximate surface area is 83.5 Å². The van der Waals surface area contributed by atoms with E-state index in [0.29, 0.717) is 25.0 Å². The number of fused-ring (bicyclic) bond motifs is 1. The van der Waals surface area contributed by atoms with E-state index < -0.39 is 0 Å². The van der Waals surface area contributed by atoms with Crippen molar-refractivity contribution >= 4 is 5.97 Å². The third-order valence-corrected chi connectivity index (χ3v) is 2.89. The third kappa shape index (κ3) is 2.07. The first-order valence-electron chi connectivity index (χ1n) is 5.14. The molecular formula is C10H16O4. The van der Waals surface area contributed by atoms with Crippen LogP contribution in [-0.2, 0) is 19.0 Å². The fraction of sp³-hybridized carbons (Fsp3) is 0.900. The van der Waals surface area contributed by atoms with E-state index >= 15 is 0 Å². The Morgan fingerprint density at radius 3 is 3.14 bits per heavy atom. The summed E-state index contributed by atoms with van der Waals surface area (Å²) in [5, 5.41) is 0. The number of rotatable bonds is 2. The Balaban J connectivity index is 1.84. The third-order valence-electron chi connectivity index (χ3n) is 2.89. The second-order valence-electron chi connectivity index (χ2n) is 3.94.